The molecule has 3 rings (SSSR count). The molecule has 4 nitrogen and oxygen atoms in total. The quantitative estimate of drug-likeness (QED) is 0.911. The predicted octanol–water partition coefficient (Wildman–Crippen LogP) is 2.73. The van der Waals surface area contributed by atoms with E-state index in [0.717, 1.165) is 18.9 Å². The third kappa shape index (κ3) is 2.20. The van der Waals surface area contributed by atoms with Gasteiger partial charge in [0.2, 0.25) is 0 Å². The lowest BCUT2D eigenvalue weighted by Crippen LogP contribution is -2.41. The SMILES string of the molecule is CCC1(c2nnc(C)n2C2CCCC2)CCNCC1. The zero-order valence-corrected chi connectivity index (χ0v) is 12.3. The summed E-state index contributed by atoms with van der Waals surface area (Å²) < 4.78 is 2.49. The van der Waals surface area contributed by atoms with Crippen LogP contribution in [0.15, 0.2) is 0 Å². The molecule has 0 amide bonds. The van der Waals surface area contributed by atoms with E-state index in [4.69, 9.17) is 0 Å². The summed E-state index contributed by atoms with van der Waals surface area (Å²) in [7, 11) is 0. The van der Waals surface area contributed by atoms with E-state index < -0.39 is 0 Å². The highest BCUT2D eigenvalue weighted by Crippen LogP contribution is 2.40. The smallest absolute Gasteiger partial charge is 0.139 e. The minimum atomic E-state index is 0.259. The summed E-state index contributed by atoms with van der Waals surface area (Å²) in [5.41, 5.74) is 0.259. The molecule has 1 N–H and O–H groups in total. The Morgan fingerprint density at radius 2 is 1.89 bits per heavy atom. The molecule has 0 aromatic carbocycles. The van der Waals surface area contributed by atoms with Crippen LogP contribution in [0.3, 0.4) is 0 Å². The number of hydrogen-bond donors (Lipinski definition) is 1. The second kappa shape index (κ2) is 5.23. The Morgan fingerprint density at radius 3 is 2.53 bits per heavy atom. The number of piperidine rings is 1. The van der Waals surface area contributed by atoms with E-state index in [0.29, 0.717) is 6.04 Å². The minimum absolute atomic E-state index is 0.259. The van der Waals surface area contributed by atoms with E-state index in [-0.39, 0.29) is 5.41 Å². The van der Waals surface area contributed by atoms with Crippen LogP contribution in [0.4, 0.5) is 0 Å². The van der Waals surface area contributed by atoms with Gasteiger partial charge in [0.25, 0.3) is 0 Å². The second-order valence-corrected chi connectivity index (χ2v) is 6.26. The summed E-state index contributed by atoms with van der Waals surface area (Å²) in [4.78, 5) is 0. The maximum Gasteiger partial charge on any atom is 0.139 e. The monoisotopic (exact) mass is 262 g/mol. The van der Waals surface area contributed by atoms with Crippen molar-refractivity contribution in [1.29, 1.82) is 0 Å². The Bertz CT molecular complexity index is 425. The van der Waals surface area contributed by atoms with Crippen LogP contribution in [0.5, 0.6) is 0 Å². The van der Waals surface area contributed by atoms with Gasteiger partial charge < -0.3 is 9.88 Å². The van der Waals surface area contributed by atoms with Crippen LogP contribution in [-0.2, 0) is 5.41 Å². The molecule has 0 bridgehead atoms. The molecule has 2 fully saturated rings. The van der Waals surface area contributed by atoms with Crippen molar-refractivity contribution in [3.63, 3.8) is 0 Å². The van der Waals surface area contributed by atoms with Gasteiger partial charge in [0.1, 0.15) is 11.6 Å². The first kappa shape index (κ1) is 13.1. The van der Waals surface area contributed by atoms with Gasteiger partial charge in [-0.25, -0.2) is 0 Å². The standard InChI is InChI=1S/C15H26N4/c1-3-15(8-10-16-11-9-15)14-18-17-12(2)19(14)13-6-4-5-7-13/h13,16H,3-11H2,1-2H3. The van der Waals surface area contributed by atoms with Gasteiger partial charge >= 0.3 is 0 Å². The lowest BCUT2D eigenvalue weighted by Gasteiger charge is -2.37. The van der Waals surface area contributed by atoms with Gasteiger partial charge in [-0.05, 0) is 52.1 Å². The van der Waals surface area contributed by atoms with Crippen molar-refractivity contribution in [2.24, 2.45) is 0 Å². The summed E-state index contributed by atoms with van der Waals surface area (Å²) >= 11 is 0. The molecule has 2 aliphatic rings. The number of nitrogens with one attached hydrogen (secondary N) is 1. The third-order valence-corrected chi connectivity index (χ3v) is 5.27. The fourth-order valence-electron chi connectivity index (χ4n) is 3.97. The summed E-state index contributed by atoms with van der Waals surface area (Å²) in [6.45, 7) is 6.67. The lowest BCUT2D eigenvalue weighted by molar-refractivity contribution is 0.265. The fourth-order valence-corrected chi connectivity index (χ4v) is 3.97. The number of nitrogens with zero attached hydrogens (tertiary/aromatic N) is 3. The Kier molecular flexibility index (Phi) is 3.61. The average Bonchev–Trinajstić information content (AvgIpc) is 3.08. The van der Waals surface area contributed by atoms with E-state index in [1.54, 1.807) is 0 Å². The van der Waals surface area contributed by atoms with Crippen LogP contribution < -0.4 is 5.32 Å². The molecule has 0 atom stereocenters. The first-order valence-electron chi connectivity index (χ1n) is 7.89. The number of aromatic nitrogens is 3. The molecule has 19 heavy (non-hydrogen) atoms. The molecular formula is C15H26N4. The van der Waals surface area contributed by atoms with Crippen LogP contribution in [0.1, 0.15) is 69.6 Å². The zero-order valence-electron chi connectivity index (χ0n) is 12.3. The Hall–Kier alpha value is -0.900. The zero-order chi connectivity index (χ0) is 13.3. The normalized spacial score (nSPS) is 23.9. The lowest BCUT2D eigenvalue weighted by atomic mass is 9.75. The van der Waals surface area contributed by atoms with Crippen LogP contribution in [0.25, 0.3) is 0 Å². The summed E-state index contributed by atoms with van der Waals surface area (Å²) in [6, 6.07) is 0.656. The molecule has 1 aromatic heterocycles. The number of hydrogen-bond acceptors (Lipinski definition) is 3. The third-order valence-electron chi connectivity index (χ3n) is 5.27. The van der Waals surface area contributed by atoms with Crippen molar-refractivity contribution in [1.82, 2.24) is 20.1 Å². The van der Waals surface area contributed by atoms with Gasteiger partial charge in [0.15, 0.2) is 0 Å². The predicted molar refractivity (Wildman–Crippen MR) is 76.3 cm³/mol. The van der Waals surface area contributed by atoms with Gasteiger partial charge in [0, 0.05) is 11.5 Å². The number of aryl methyl sites for hydroxylation is 1. The first-order valence-corrected chi connectivity index (χ1v) is 7.89. The molecule has 106 valence electrons. The van der Waals surface area contributed by atoms with E-state index in [2.05, 4.69) is 33.9 Å². The second-order valence-electron chi connectivity index (χ2n) is 6.26. The molecule has 0 unspecified atom stereocenters. The molecule has 0 spiro atoms. The van der Waals surface area contributed by atoms with Gasteiger partial charge in [0.05, 0.1) is 0 Å². The molecule has 1 aromatic rings. The van der Waals surface area contributed by atoms with E-state index >= 15 is 0 Å². The Balaban J connectivity index is 1.98. The molecule has 0 radical (unpaired) electrons. The van der Waals surface area contributed by atoms with Crippen molar-refractivity contribution in [3.8, 4) is 0 Å². The van der Waals surface area contributed by atoms with Gasteiger partial charge in [-0.15, -0.1) is 10.2 Å². The highest BCUT2D eigenvalue weighted by Gasteiger charge is 2.38. The van der Waals surface area contributed by atoms with Crippen LogP contribution in [0, 0.1) is 6.92 Å². The molecule has 1 saturated heterocycles. The van der Waals surface area contributed by atoms with E-state index in [1.165, 1.54) is 50.8 Å². The average molecular weight is 262 g/mol. The molecular weight excluding hydrogens is 236 g/mol. The number of rotatable bonds is 3. The molecule has 1 aliphatic carbocycles. The fraction of sp³-hybridized carbons (Fsp3) is 0.867. The largest absolute Gasteiger partial charge is 0.317 e. The van der Waals surface area contributed by atoms with Crippen molar-refractivity contribution in [2.75, 3.05) is 13.1 Å². The van der Waals surface area contributed by atoms with Crippen LogP contribution in [-0.4, -0.2) is 27.9 Å². The van der Waals surface area contributed by atoms with Crippen molar-refractivity contribution in [3.05, 3.63) is 11.6 Å². The summed E-state index contributed by atoms with van der Waals surface area (Å²) in [6.07, 6.45) is 8.93. The van der Waals surface area contributed by atoms with Crippen molar-refractivity contribution >= 4 is 0 Å². The minimum Gasteiger partial charge on any atom is -0.317 e. The van der Waals surface area contributed by atoms with Gasteiger partial charge in [-0.1, -0.05) is 19.8 Å². The highest BCUT2D eigenvalue weighted by molar-refractivity contribution is 5.14. The Morgan fingerprint density at radius 1 is 1.21 bits per heavy atom. The van der Waals surface area contributed by atoms with Gasteiger partial charge in [-0.3, -0.25) is 0 Å². The van der Waals surface area contributed by atoms with Crippen molar-refractivity contribution in [2.45, 2.75) is 70.3 Å². The maximum absolute atomic E-state index is 4.61. The van der Waals surface area contributed by atoms with Crippen LogP contribution in [0.2, 0.25) is 0 Å². The topological polar surface area (TPSA) is 42.7 Å². The van der Waals surface area contributed by atoms with E-state index in [9.17, 15) is 0 Å². The Labute approximate surface area is 116 Å². The van der Waals surface area contributed by atoms with Gasteiger partial charge in [-0.2, -0.15) is 0 Å². The van der Waals surface area contributed by atoms with Crippen LogP contribution >= 0.6 is 0 Å². The molecule has 4 heteroatoms. The molecule has 2 heterocycles. The van der Waals surface area contributed by atoms with Crippen molar-refractivity contribution < 1.29 is 0 Å². The maximum atomic E-state index is 4.61. The summed E-state index contributed by atoms with van der Waals surface area (Å²) in [5.74, 6) is 2.40. The summed E-state index contributed by atoms with van der Waals surface area (Å²) in [5, 5.41) is 12.5. The molecule has 1 saturated carbocycles. The first-order chi connectivity index (χ1) is 9.27. The highest BCUT2D eigenvalue weighted by atomic mass is 15.3. The van der Waals surface area contributed by atoms with E-state index in [1.807, 2.05) is 0 Å². The molecule has 1 aliphatic heterocycles.